The van der Waals surface area contributed by atoms with E-state index in [4.69, 9.17) is 11.6 Å². The first-order chi connectivity index (χ1) is 8.93. The Morgan fingerprint density at radius 1 is 0.842 bits per heavy atom. The lowest BCUT2D eigenvalue weighted by atomic mass is 10.0. The largest absolute Gasteiger partial charge is 0.383 e. The second kappa shape index (κ2) is 5.19. The summed E-state index contributed by atoms with van der Waals surface area (Å²) in [6.07, 6.45) is -1.70. The summed E-state index contributed by atoms with van der Waals surface area (Å²) in [5.74, 6) is -5.42. The van der Waals surface area contributed by atoms with Gasteiger partial charge in [0, 0.05) is 11.1 Å². The summed E-state index contributed by atoms with van der Waals surface area (Å²) in [5, 5.41) is 9.51. The highest BCUT2D eigenvalue weighted by Gasteiger charge is 2.23. The smallest absolute Gasteiger partial charge is 0.194 e. The third kappa shape index (κ3) is 2.43. The molecule has 0 fully saturated rings. The highest BCUT2D eigenvalue weighted by atomic mass is 35.5. The third-order valence-electron chi connectivity index (χ3n) is 2.64. The molecule has 0 aliphatic rings. The van der Waals surface area contributed by atoms with Crippen LogP contribution >= 0.6 is 11.6 Å². The van der Waals surface area contributed by atoms with Crippen molar-refractivity contribution in [2.75, 3.05) is 0 Å². The highest BCUT2D eigenvalue weighted by Crippen LogP contribution is 2.32. The van der Waals surface area contributed by atoms with Crippen molar-refractivity contribution in [3.63, 3.8) is 0 Å². The summed E-state index contributed by atoms with van der Waals surface area (Å²) in [5.41, 5.74) is -0.655. The number of rotatable bonds is 2. The summed E-state index contributed by atoms with van der Waals surface area (Å²) in [6, 6.07) is 5.12. The summed E-state index contributed by atoms with van der Waals surface area (Å²) < 4.78 is 52.6. The summed E-state index contributed by atoms with van der Waals surface area (Å²) in [7, 11) is 0. The Bertz CT molecular complexity index is 630. The van der Waals surface area contributed by atoms with Gasteiger partial charge >= 0.3 is 0 Å². The monoisotopic (exact) mass is 290 g/mol. The van der Waals surface area contributed by atoms with Gasteiger partial charge in [0.15, 0.2) is 17.5 Å². The van der Waals surface area contributed by atoms with E-state index in [0.717, 1.165) is 12.1 Å². The van der Waals surface area contributed by atoms with Crippen LogP contribution in [-0.2, 0) is 0 Å². The molecule has 0 heterocycles. The number of aliphatic hydroxyl groups is 1. The van der Waals surface area contributed by atoms with Gasteiger partial charge < -0.3 is 5.11 Å². The Morgan fingerprint density at radius 2 is 1.53 bits per heavy atom. The van der Waals surface area contributed by atoms with Gasteiger partial charge in [0.05, 0.1) is 5.02 Å². The molecular weight excluding hydrogens is 284 g/mol. The SMILES string of the molecule is OC(c1ccc(F)c(F)c1F)c1cccc(F)c1Cl. The molecule has 0 saturated heterocycles. The molecule has 1 atom stereocenters. The predicted octanol–water partition coefficient (Wildman–Crippen LogP) is 3.98. The maximum atomic E-state index is 13.5. The van der Waals surface area contributed by atoms with Crippen molar-refractivity contribution in [2.24, 2.45) is 0 Å². The molecule has 6 heteroatoms. The number of halogens is 5. The molecule has 1 N–H and O–H groups in total. The van der Waals surface area contributed by atoms with Crippen molar-refractivity contribution in [3.05, 3.63) is 69.8 Å². The average Bonchev–Trinajstić information content (AvgIpc) is 2.39. The van der Waals surface area contributed by atoms with Crippen molar-refractivity contribution >= 4 is 11.6 Å². The Balaban J connectivity index is 2.53. The number of aliphatic hydroxyl groups excluding tert-OH is 1. The lowest BCUT2D eigenvalue weighted by molar-refractivity contribution is 0.212. The van der Waals surface area contributed by atoms with Gasteiger partial charge in [-0.15, -0.1) is 0 Å². The van der Waals surface area contributed by atoms with Crippen LogP contribution in [0.15, 0.2) is 30.3 Å². The molecular formula is C13H7ClF4O. The highest BCUT2D eigenvalue weighted by molar-refractivity contribution is 6.31. The quantitative estimate of drug-likeness (QED) is 0.655. The molecule has 0 aliphatic carbocycles. The maximum Gasteiger partial charge on any atom is 0.194 e. The Morgan fingerprint density at radius 3 is 2.21 bits per heavy atom. The molecule has 0 spiro atoms. The Hall–Kier alpha value is -1.59. The normalized spacial score (nSPS) is 12.5. The molecule has 0 radical (unpaired) electrons. The van der Waals surface area contributed by atoms with E-state index in [1.807, 2.05) is 0 Å². The van der Waals surface area contributed by atoms with Crippen molar-refractivity contribution in [3.8, 4) is 0 Å². The van der Waals surface area contributed by atoms with Gasteiger partial charge in [0.25, 0.3) is 0 Å². The van der Waals surface area contributed by atoms with Crippen LogP contribution in [0.5, 0.6) is 0 Å². The van der Waals surface area contributed by atoms with Gasteiger partial charge in [-0.1, -0.05) is 29.8 Å². The van der Waals surface area contributed by atoms with Gasteiger partial charge in [-0.3, -0.25) is 0 Å². The minimum atomic E-state index is -1.70. The Kier molecular flexibility index (Phi) is 3.78. The van der Waals surface area contributed by atoms with E-state index in [-0.39, 0.29) is 5.56 Å². The number of hydrogen-bond acceptors (Lipinski definition) is 1. The summed E-state index contributed by atoms with van der Waals surface area (Å²) in [6.45, 7) is 0. The van der Waals surface area contributed by atoms with Crippen LogP contribution in [0.3, 0.4) is 0 Å². The number of benzene rings is 2. The lowest BCUT2D eigenvalue weighted by Crippen LogP contribution is -2.06. The molecule has 0 aliphatic heterocycles. The van der Waals surface area contributed by atoms with E-state index in [2.05, 4.69) is 0 Å². The molecule has 2 aromatic carbocycles. The van der Waals surface area contributed by atoms with Crippen LogP contribution in [0.25, 0.3) is 0 Å². The van der Waals surface area contributed by atoms with Crippen LogP contribution < -0.4 is 0 Å². The van der Waals surface area contributed by atoms with E-state index in [9.17, 15) is 22.7 Å². The van der Waals surface area contributed by atoms with Gasteiger partial charge in [-0.05, 0) is 12.1 Å². The molecule has 19 heavy (non-hydrogen) atoms. The van der Waals surface area contributed by atoms with E-state index in [0.29, 0.717) is 6.07 Å². The van der Waals surface area contributed by atoms with E-state index >= 15 is 0 Å². The molecule has 1 nitrogen and oxygen atoms in total. The summed E-state index contributed by atoms with van der Waals surface area (Å²) >= 11 is 5.64. The van der Waals surface area contributed by atoms with Crippen molar-refractivity contribution in [1.82, 2.24) is 0 Å². The van der Waals surface area contributed by atoms with Crippen LogP contribution in [0.2, 0.25) is 5.02 Å². The molecule has 1 unspecified atom stereocenters. The molecule has 2 aromatic rings. The third-order valence-corrected chi connectivity index (χ3v) is 3.03. The van der Waals surface area contributed by atoms with Crippen LogP contribution in [-0.4, -0.2) is 5.11 Å². The van der Waals surface area contributed by atoms with Gasteiger partial charge in [-0.25, -0.2) is 17.6 Å². The molecule has 0 saturated carbocycles. The van der Waals surface area contributed by atoms with Crippen LogP contribution in [0, 0.1) is 23.3 Å². The average molecular weight is 291 g/mol. The first-order valence-corrected chi connectivity index (χ1v) is 5.56. The summed E-state index contributed by atoms with van der Waals surface area (Å²) in [4.78, 5) is 0. The van der Waals surface area contributed by atoms with Crippen LogP contribution in [0.1, 0.15) is 17.2 Å². The standard InChI is InChI=1S/C13H7ClF4O/c14-10-6(2-1-3-8(10)15)13(19)7-4-5-9(16)12(18)11(7)17/h1-5,13,19H. The fourth-order valence-electron chi connectivity index (χ4n) is 1.65. The van der Waals surface area contributed by atoms with E-state index in [1.54, 1.807) is 0 Å². The zero-order valence-corrected chi connectivity index (χ0v) is 10.1. The van der Waals surface area contributed by atoms with Gasteiger partial charge in [0.2, 0.25) is 0 Å². The zero-order valence-electron chi connectivity index (χ0n) is 9.30. The van der Waals surface area contributed by atoms with Crippen LogP contribution in [0.4, 0.5) is 17.6 Å². The van der Waals surface area contributed by atoms with Gasteiger partial charge in [0.1, 0.15) is 11.9 Å². The van der Waals surface area contributed by atoms with E-state index < -0.39 is 40.0 Å². The zero-order chi connectivity index (χ0) is 14.2. The minimum Gasteiger partial charge on any atom is -0.383 e. The maximum absolute atomic E-state index is 13.5. The first kappa shape index (κ1) is 13.8. The van der Waals surface area contributed by atoms with E-state index in [1.165, 1.54) is 12.1 Å². The predicted molar refractivity (Wildman–Crippen MR) is 61.8 cm³/mol. The number of hydrogen-bond donors (Lipinski definition) is 1. The minimum absolute atomic E-state index is 0.133. The molecule has 0 aromatic heterocycles. The fourth-order valence-corrected chi connectivity index (χ4v) is 1.88. The van der Waals surface area contributed by atoms with Crippen molar-refractivity contribution in [2.45, 2.75) is 6.10 Å². The molecule has 2 rings (SSSR count). The van der Waals surface area contributed by atoms with Crippen molar-refractivity contribution in [1.29, 1.82) is 0 Å². The lowest BCUT2D eigenvalue weighted by Gasteiger charge is -2.14. The topological polar surface area (TPSA) is 20.2 Å². The second-order valence-electron chi connectivity index (χ2n) is 3.81. The molecule has 0 bridgehead atoms. The second-order valence-corrected chi connectivity index (χ2v) is 4.19. The first-order valence-electron chi connectivity index (χ1n) is 5.19. The fraction of sp³-hybridized carbons (Fsp3) is 0.0769. The Labute approximate surface area is 111 Å². The van der Waals surface area contributed by atoms with Crippen molar-refractivity contribution < 1.29 is 22.7 Å². The van der Waals surface area contributed by atoms with Gasteiger partial charge in [-0.2, -0.15) is 0 Å². The molecule has 100 valence electrons. The molecule has 0 amide bonds.